The number of cyclic esters (lactones) is 1. The monoisotopic (exact) mass is 1020 g/mol. The number of Topliss-reactive ketones (excluding diaryl/α,β-unsaturated/α-hetero) is 1. The number of pyridine rings is 1. The van der Waals surface area contributed by atoms with Gasteiger partial charge in [0.15, 0.2) is 5.67 Å². The third-order valence-electron chi connectivity index (χ3n) is 16.0. The van der Waals surface area contributed by atoms with Gasteiger partial charge < -0.3 is 33.9 Å². The van der Waals surface area contributed by atoms with Crippen molar-refractivity contribution >= 4 is 46.1 Å². The maximum Gasteiger partial charge on any atom is 0.324 e. The average molecular weight is 1030 g/mol. The maximum atomic E-state index is 16.9. The molecule has 74 heavy (non-hydrogen) atoms. The molecule has 2 saturated heterocycles. The predicted octanol–water partition coefficient (Wildman–Crippen LogP) is 6.82. The number of aryl methyl sites for hydroxylation is 1. The summed E-state index contributed by atoms with van der Waals surface area (Å²) in [5.41, 5.74) is 4.74. The minimum atomic E-state index is -2.30. The second-order valence-corrected chi connectivity index (χ2v) is 23.2. The van der Waals surface area contributed by atoms with Crippen LogP contribution in [0.25, 0.3) is 22.2 Å². The van der Waals surface area contributed by atoms with Gasteiger partial charge in [-0.05, 0) is 141 Å². The Balaban J connectivity index is 1.21. The van der Waals surface area contributed by atoms with Crippen molar-refractivity contribution in [3.63, 3.8) is 0 Å². The van der Waals surface area contributed by atoms with E-state index in [1.807, 2.05) is 52.8 Å². The van der Waals surface area contributed by atoms with Gasteiger partial charge in [0.05, 0.1) is 41.8 Å². The van der Waals surface area contributed by atoms with Crippen LogP contribution in [0.2, 0.25) is 0 Å². The van der Waals surface area contributed by atoms with E-state index < -0.39 is 75.9 Å². The van der Waals surface area contributed by atoms with Crippen LogP contribution in [0.5, 0.6) is 0 Å². The van der Waals surface area contributed by atoms with Crippen LogP contribution >= 0.6 is 0 Å². The molecule has 0 unspecified atom stereocenters. The highest BCUT2D eigenvalue weighted by molar-refractivity contribution is 5.98. The highest BCUT2D eigenvalue weighted by Crippen LogP contribution is 2.43. The molecule has 6 bridgehead atoms. The lowest BCUT2D eigenvalue weighted by molar-refractivity contribution is -0.157. The zero-order chi connectivity index (χ0) is 54.1. The van der Waals surface area contributed by atoms with Crippen molar-refractivity contribution in [2.45, 2.75) is 161 Å². The molecule has 2 N–H and O–H groups in total. The number of esters is 1. The van der Waals surface area contributed by atoms with Crippen molar-refractivity contribution < 1.29 is 42.6 Å². The minimum absolute atomic E-state index is 0.0421. The molecule has 3 aliphatic heterocycles. The summed E-state index contributed by atoms with van der Waals surface area (Å²) in [6.07, 6.45) is 2.97. The van der Waals surface area contributed by atoms with E-state index in [0.29, 0.717) is 45.5 Å². The van der Waals surface area contributed by atoms with Gasteiger partial charge in [0.1, 0.15) is 18.1 Å². The summed E-state index contributed by atoms with van der Waals surface area (Å²) in [6, 6.07) is 7.36. The number of rotatable bonds is 11. The number of benzene rings is 1. The molecule has 0 spiro atoms. The number of morpholine rings is 1. The number of halogens is 1. The lowest BCUT2D eigenvalue weighted by Gasteiger charge is -2.44. The first-order chi connectivity index (χ1) is 34.8. The Morgan fingerprint density at radius 2 is 1.77 bits per heavy atom. The van der Waals surface area contributed by atoms with Crippen molar-refractivity contribution in [2.24, 2.45) is 17.3 Å². The number of nitrogens with one attached hydrogen (secondary N) is 2. The number of ketones is 1. The van der Waals surface area contributed by atoms with Crippen LogP contribution in [0.15, 0.2) is 36.5 Å². The number of nitrogens with zero attached hydrogens (tertiary/aromatic N) is 6. The number of alkyl halides is 1. The molecule has 3 aromatic rings. The van der Waals surface area contributed by atoms with E-state index in [1.165, 1.54) is 12.1 Å². The zero-order valence-corrected chi connectivity index (χ0v) is 46.2. The minimum Gasteiger partial charge on any atom is -0.464 e. The molecule has 1 saturated carbocycles. The van der Waals surface area contributed by atoms with Crippen LogP contribution in [-0.4, -0.2) is 150 Å². The highest BCUT2D eigenvalue weighted by Gasteiger charge is 2.49. The van der Waals surface area contributed by atoms with Crippen molar-refractivity contribution in [2.75, 3.05) is 66.0 Å². The molecule has 5 heterocycles. The summed E-state index contributed by atoms with van der Waals surface area (Å²) in [5.74, 6) is 2.09. The van der Waals surface area contributed by atoms with E-state index in [0.717, 1.165) is 44.0 Å². The predicted molar refractivity (Wildman–Crippen MR) is 283 cm³/mol. The van der Waals surface area contributed by atoms with Crippen molar-refractivity contribution in [1.29, 1.82) is 0 Å². The molecule has 404 valence electrons. The molecule has 3 amide bonds. The number of methoxy groups -OCH3 is 1. The number of hydrogen-bond donors (Lipinski definition) is 2. The lowest BCUT2D eigenvalue weighted by Crippen LogP contribution is -2.64. The van der Waals surface area contributed by atoms with Crippen molar-refractivity contribution in [3.8, 4) is 23.1 Å². The van der Waals surface area contributed by atoms with Gasteiger partial charge in [-0.1, -0.05) is 33.6 Å². The number of carbonyl (C=O) groups excluding carboxylic acids is 5. The molecule has 4 aliphatic rings. The largest absolute Gasteiger partial charge is 0.464 e. The fraction of sp³-hybridized carbons (Fsp3) is 0.649. The van der Waals surface area contributed by atoms with Gasteiger partial charge in [-0.2, -0.15) is 0 Å². The van der Waals surface area contributed by atoms with Gasteiger partial charge in [-0.25, -0.2) is 9.82 Å². The van der Waals surface area contributed by atoms with Gasteiger partial charge in [0, 0.05) is 86.4 Å². The number of aromatic nitrogens is 2. The molecule has 0 radical (unpaired) electrons. The summed E-state index contributed by atoms with van der Waals surface area (Å²) in [7, 11) is 6.87. The highest BCUT2D eigenvalue weighted by atomic mass is 19.1. The number of ether oxygens (including phenoxy) is 3. The van der Waals surface area contributed by atoms with Gasteiger partial charge in [-0.15, -0.1) is 0 Å². The smallest absolute Gasteiger partial charge is 0.324 e. The van der Waals surface area contributed by atoms with E-state index in [9.17, 15) is 24.0 Å². The van der Waals surface area contributed by atoms with E-state index in [2.05, 4.69) is 77.1 Å². The summed E-state index contributed by atoms with van der Waals surface area (Å²) >= 11 is 0. The third-order valence-corrected chi connectivity index (χ3v) is 16.0. The molecule has 2 aromatic heterocycles. The number of fused-ring (bicyclic) bond motifs is 6. The molecule has 5 atom stereocenters. The molecule has 17 heteroatoms. The molecule has 3 fully saturated rings. The Labute approximate surface area is 437 Å². The molecule has 16 nitrogen and oxygen atoms in total. The van der Waals surface area contributed by atoms with Gasteiger partial charge in [0.25, 0.3) is 11.8 Å². The van der Waals surface area contributed by atoms with Crippen LogP contribution in [0, 0.1) is 29.1 Å². The van der Waals surface area contributed by atoms with E-state index >= 15 is 4.39 Å². The first-order valence-corrected chi connectivity index (χ1v) is 26.6. The topological polar surface area (TPSA) is 168 Å². The Morgan fingerprint density at radius 3 is 2.43 bits per heavy atom. The normalized spacial score (nSPS) is 25.6. The first-order valence-electron chi connectivity index (χ1n) is 26.6. The zero-order valence-electron chi connectivity index (χ0n) is 46.2. The lowest BCUT2D eigenvalue weighted by atomic mass is 9.77. The van der Waals surface area contributed by atoms with Crippen LogP contribution in [0.1, 0.15) is 125 Å². The van der Waals surface area contributed by atoms with Gasteiger partial charge >= 0.3 is 5.97 Å². The Bertz CT molecular complexity index is 2650. The number of amides is 3. The third kappa shape index (κ3) is 12.0. The Morgan fingerprint density at radius 1 is 1.05 bits per heavy atom. The van der Waals surface area contributed by atoms with E-state index in [-0.39, 0.29) is 57.1 Å². The van der Waals surface area contributed by atoms with Crippen molar-refractivity contribution in [3.05, 3.63) is 47.8 Å². The first kappa shape index (κ1) is 56.3. The number of likely N-dealkylation sites (N-methyl/N-ethyl adjacent to an activating group) is 1. The fourth-order valence-corrected chi connectivity index (χ4v) is 11.2. The second kappa shape index (κ2) is 22.4. The number of hydrazine groups is 1. The van der Waals surface area contributed by atoms with Crippen LogP contribution < -0.4 is 15.6 Å². The van der Waals surface area contributed by atoms with Crippen LogP contribution in [0.4, 0.5) is 10.1 Å². The number of hydrogen-bond acceptors (Lipinski definition) is 12. The van der Waals surface area contributed by atoms with E-state index in [4.69, 9.17) is 19.2 Å². The molecular weight excluding hydrogens is 944 g/mol. The average Bonchev–Trinajstić information content (AvgIpc) is 3.67. The van der Waals surface area contributed by atoms with Crippen LogP contribution in [-0.2, 0) is 51.1 Å². The number of carbonyl (C=O) groups is 5. The quantitative estimate of drug-likeness (QED) is 0.117. The maximum absolute atomic E-state index is 16.9. The standard InChI is InChI=1S/C57H81FN8O8/c1-14-65-45-20-19-39-31-41(45)42(49(65)40-17-15-27-59-47(40)37(4)72-13)32-54(5,6)35-73-52(70)43-18-16-28-66(61-43)51(69)44(33-56(9)34-64(39)29-30-74-56)60-50(68)48(36(2)3)63(12)53(71)57(58)25-21-38(22-26-57)46(67)23-24-55(7,8)62(10)11/h15,17,19-20,27,31,36-38,43-44,48,61H,14,16,18,21-22,25-26,28-30,32-35H2,1-13H3,(H,60,68)/t37-,38?,43-,44-,48-,56-,57?/m0/s1. The number of anilines is 1. The molecule has 1 aliphatic carbocycles. The van der Waals surface area contributed by atoms with Crippen LogP contribution in [0.3, 0.4) is 0 Å². The molecule has 7 rings (SSSR count). The molecular formula is C57H81FN8O8. The molecule has 1 aromatic carbocycles. The van der Waals surface area contributed by atoms with Crippen molar-refractivity contribution in [1.82, 2.24) is 35.1 Å². The summed E-state index contributed by atoms with van der Waals surface area (Å²) in [6.45, 7) is 20.0. The SMILES string of the molecule is CCn1c(-c2cccnc2[C@H](C)OC)c2c3cc(ccc31)N1CCO[C@@](C)(C[C@H](NC(=O)[C@H](C(C)C)N(C)C(=O)C3(F)CCC(C(=O)C#CC(C)(C)N(C)C)CC3)C(=O)N3CCC[C@H](N3)C(=O)OCC(C)(C)C2)C1. The summed E-state index contributed by atoms with van der Waals surface area (Å²) < 4.78 is 37.8. The summed E-state index contributed by atoms with van der Waals surface area (Å²) in [5, 5.41) is 5.47. The summed E-state index contributed by atoms with van der Waals surface area (Å²) in [4.78, 5) is 81.3. The van der Waals surface area contributed by atoms with E-state index in [1.54, 1.807) is 27.2 Å². The Kier molecular flexibility index (Phi) is 17.1. The van der Waals surface area contributed by atoms with Gasteiger partial charge in [-0.3, -0.25) is 38.9 Å². The van der Waals surface area contributed by atoms with Gasteiger partial charge in [0.2, 0.25) is 11.7 Å². The second-order valence-electron chi connectivity index (χ2n) is 23.2. The Hall–Kier alpha value is -5.41. The fourth-order valence-electron chi connectivity index (χ4n) is 11.2.